The predicted octanol–water partition coefficient (Wildman–Crippen LogP) is 3.26. The molecule has 2 N–H and O–H groups in total. The molecule has 0 heterocycles. The van der Waals surface area contributed by atoms with E-state index in [1.54, 1.807) is 37.3 Å². The van der Waals surface area contributed by atoms with Crippen LogP contribution in [-0.2, 0) is 39.1 Å². The molecule has 2 atom stereocenters. The van der Waals surface area contributed by atoms with E-state index in [-0.39, 0.29) is 13.2 Å². The largest absolute Gasteiger partial charge is 0.461 e. The van der Waals surface area contributed by atoms with Crippen molar-refractivity contribution in [2.75, 3.05) is 13.2 Å². The summed E-state index contributed by atoms with van der Waals surface area (Å²) in [5.74, 6) is -1.66. The second kappa shape index (κ2) is 14.9. The lowest BCUT2D eigenvalue weighted by Crippen LogP contribution is -2.42. The molecule has 10 nitrogen and oxygen atoms in total. The first-order chi connectivity index (χ1) is 18.6. The molecule has 0 amide bonds. The van der Waals surface area contributed by atoms with Gasteiger partial charge in [-0.3, -0.25) is 0 Å². The van der Waals surface area contributed by atoms with E-state index in [1.165, 1.54) is 0 Å². The summed E-state index contributed by atoms with van der Waals surface area (Å²) >= 11 is 0. The molecule has 0 unspecified atom stereocenters. The van der Waals surface area contributed by atoms with Crippen LogP contribution in [0.5, 0.6) is 0 Å². The fourth-order valence-electron chi connectivity index (χ4n) is 4.94. The second-order valence-electron chi connectivity index (χ2n) is 10.3. The monoisotopic (exact) mass is 584 g/mol. The number of rotatable bonds is 13. The van der Waals surface area contributed by atoms with Gasteiger partial charge in [0.25, 0.3) is 0 Å². The molecule has 0 spiro atoms. The number of hydrogen-bond acceptors (Lipinski definition) is 8. The highest BCUT2D eigenvalue weighted by Crippen LogP contribution is 2.25. The molecule has 2 aliphatic rings. The minimum absolute atomic E-state index is 0.191. The lowest BCUT2D eigenvalue weighted by atomic mass is 10.0. The Morgan fingerprint density at radius 1 is 0.769 bits per heavy atom. The number of esters is 2. The Morgan fingerprint density at radius 3 is 1.74 bits per heavy atom. The lowest BCUT2D eigenvalue weighted by molar-refractivity contribution is -0.141. The van der Waals surface area contributed by atoms with E-state index in [1.807, 2.05) is 0 Å². The van der Waals surface area contributed by atoms with Crippen LogP contribution in [0, 0.1) is 0 Å². The Morgan fingerprint density at radius 2 is 1.23 bits per heavy atom. The number of ether oxygens (including phenoxy) is 2. The smallest absolute Gasteiger partial charge is 0.331 e. The van der Waals surface area contributed by atoms with Gasteiger partial charge >= 0.3 is 11.9 Å². The van der Waals surface area contributed by atoms with Crippen LogP contribution in [0.15, 0.2) is 42.5 Å². The second-order valence-corrected chi connectivity index (χ2v) is 14.3. The minimum Gasteiger partial charge on any atom is -0.461 e. The highest BCUT2D eigenvalue weighted by molar-refractivity contribution is 7.90. The Hall–Kier alpha value is -2.28. The Kier molecular flexibility index (Phi) is 12.0. The number of benzene rings is 1. The van der Waals surface area contributed by atoms with Crippen molar-refractivity contribution >= 4 is 32.0 Å². The Labute approximate surface area is 232 Å². The van der Waals surface area contributed by atoms with Gasteiger partial charge in [0.05, 0.1) is 22.6 Å². The summed E-state index contributed by atoms with van der Waals surface area (Å²) < 4.78 is 66.5. The average molecular weight is 585 g/mol. The van der Waals surface area contributed by atoms with Gasteiger partial charge in [-0.2, -0.15) is 0 Å². The summed E-state index contributed by atoms with van der Waals surface area (Å²) in [6.07, 6.45) is 9.80. The third-order valence-electron chi connectivity index (χ3n) is 7.08. The molecule has 3 rings (SSSR count). The molecule has 0 aromatic heterocycles. The maximum absolute atomic E-state index is 13.0. The molecular weight excluding hydrogens is 544 g/mol. The summed E-state index contributed by atoms with van der Waals surface area (Å²) in [4.78, 5) is 24.3. The van der Waals surface area contributed by atoms with Crippen molar-refractivity contribution in [3.05, 3.63) is 48.0 Å². The SMILES string of the molecule is C[C@H](COC(=O)/C=C/C(=O)OC[C@H](NS(=O)(=O)C1CCCCC1)c1ccccc1)NS(=O)(=O)C1CCCCC1. The standard InChI is InChI=1S/C27H40N2O8S2/c1-21(28-38(32,33)23-13-7-3-8-14-23)19-36-26(30)17-18-27(31)37-20-25(22-11-5-2-6-12-22)29-39(34,35)24-15-9-4-10-16-24/h2,5-6,11-12,17-18,21,23-25,28-29H,3-4,7-10,13-16,19-20H2,1H3/b18-17+/t21-,25+/m1/s1. The van der Waals surface area contributed by atoms with Gasteiger partial charge in [0.2, 0.25) is 20.0 Å². The first-order valence-electron chi connectivity index (χ1n) is 13.7. The quantitative estimate of drug-likeness (QED) is 0.266. The van der Waals surface area contributed by atoms with Crippen molar-refractivity contribution in [3.63, 3.8) is 0 Å². The fraction of sp³-hybridized carbons (Fsp3) is 0.630. The van der Waals surface area contributed by atoms with Crippen molar-refractivity contribution < 1.29 is 35.9 Å². The third kappa shape index (κ3) is 10.3. The average Bonchev–Trinajstić information content (AvgIpc) is 2.94. The van der Waals surface area contributed by atoms with Gasteiger partial charge in [0.15, 0.2) is 0 Å². The lowest BCUT2D eigenvalue weighted by Gasteiger charge is -2.25. The summed E-state index contributed by atoms with van der Waals surface area (Å²) in [5, 5.41) is -0.900. The molecule has 0 saturated heterocycles. The zero-order chi connectivity index (χ0) is 28.3. The van der Waals surface area contributed by atoms with Gasteiger partial charge in [0.1, 0.15) is 13.2 Å². The van der Waals surface area contributed by atoms with Gasteiger partial charge in [0, 0.05) is 12.2 Å². The van der Waals surface area contributed by atoms with Crippen LogP contribution in [0.25, 0.3) is 0 Å². The van der Waals surface area contributed by atoms with Crippen LogP contribution in [0.3, 0.4) is 0 Å². The van der Waals surface area contributed by atoms with Crippen molar-refractivity contribution in [3.8, 4) is 0 Å². The number of carbonyl (C=O) groups excluding carboxylic acids is 2. The molecule has 2 fully saturated rings. The van der Waals surface area contributed by atoms with E-state index in [2.05, 4.69) is 9.44 Å². The van der Waals surface area contributed by atoms with E-state index < -0.39 is 54.6 Å². The van der Waals surface area contributed by atoms with Gasteiger partial charge in [-0.1, -0.05) is 68.9 Å². The molecular formula is C27H40N2O8S2. The van der Waals surface area contributed by atoms with Gasteiger partial charge in [-0.05, 0) is 38.2 Å². The van der Waals surface area contributed by atoms with Gasteiger partial charge in [-0.25, -0.2) is 35.9 Å². The number of nitrogens with one attached hydrogen (secondary N) is 2. The molecule has 218 valence electrons. The molecule has 2 saturated carbocycles. The van der Waals surface area contributed by atoms with Gasteiger partial charge in [-0.15, -0.1) is 0 Å². The van der Waals surface area contributed by atoms with Crippen molar-refractivity contribution in [2.45, 2.75) is 93.7 Å². The van der Waals surface area contributed by atoms with E-state index in [4.69, 9.17) is 9.47 Å². The van der Waals surface area contributed by atoms with Crippen molar-refractivity contribution in [1.29, 1.82) is 0 Å². The van der Waals surface area contributed by atoms with Crippen LogP contribution in [0.2, 0.25) is 0 Å². The van der Waals surface area contributed by atoms with Crippen molar-refractivity contribution in [2.24, 2.45) is 0 Å². The molecule has 12 heteroatoms. The van der Waals surface area contributed by atoms with Crippen molar-refractivity contribution in [1.82, 2.24) is 9.44 Å². The molecule has 39 heavy (non-hydrogen) atoms. The third-order valence-corrected chi connectivity index (χ3v) is 11.1. The van der Waals surface area contributed by atoms with Gasteiger partial charge < -0.3 is 9.47 Å². The summed E-state index contributed by atoms with van der Waals surface area (Å²) in [6.45, 7) is 1.15. The normalized spacial score (nSPS) is 19.4. The zero-order valence-electron chi connectivity index (χ0n) is 22.4. The number of carbonyl (C=O) groups is 2. The number of sulfonamides is 2. The van der Waals surface area contributed by atoms with Crippen LogP contribution in [0.4, 0.5) is 0 Å². The number of hydrogen-bond donors (Lipinski definition) is 2. The Bertz CT molecular complexity index is 1170. The maximum atomic E-state index is 13.0. The zero-order valence-corrected chi connectivity index (χ0v) is 24.1. The first kappa shape index (κ1) is 31.3. The van der Waals surface area contributed by atoms with Crippen LogP contribution >= 0.6 is 0 Å². The summed E-state index contributed by atoms with van der Waals surface area (Å²) in [6, 6.07) is 7.44. The van der Waals surface area contributed by atoms with E-state index in [9.17, 15) is 26.4 Å². The molecule has 1 aromatic rings. The highest BCUT2D eigenvalue weighted by Gasteiger charge is 2.31. The molecule has 2 aliphatic carbocycles. The van der Waals surface area contributed by atoms with E-state index >= 15 is 0 Å². The fourth-order valence-corrected chi connectivity index (χ4v) is 8.47. The maximum Gasteiger partial charge on any atom is 0.331 e. The highest BCUT2D eigenvalue weighted by atomic mass is 32.2. The first-order valence-corrected chi connectivity index (χ1v) is 16.7. The minimum atomic E-state index is -3.62. The van der Waals surface area contributed by atoms with Crippen LogP contribution in [-0.4, -0.2) is 58.5 Å². The molecule has 0 radical (unpaired) electrons. The Balaban J connectivity index is 1.48. The molecule has 0 bridgehead atoms. The summed E-state index contributed by atoms with van der Waals surface area (Å²) in [5.41, 5.74) is 0.651. The van der Waals surface area contributed by atoms with Crippen LogP contribution in [0.1, 0.15) is 82.7 Å². The molecule has 1 aromatic carbocycles. The van der Waals surface area contributed by atoms with Crippen LogP contribution < -0.4 is 9.44 Å². The summed E-state index contributed by atoms with van der Waals surface area (Å²) in [7, 11) is -7.12. The van der Waals surface area contributed by atoms with E-state index in [0.29, 0.717) is 31.2 Å². The predicted molar refractivity (Wildman–Crippen MR) is 148 cm³/mol. The molecule has 0 aliphatic heterocycles. The van der Waals surface area contributed by atoms with E-state index in [0.717, 1.165) is 50.7 Å². The topological polar surface area (TPSA) is 145 Å².